The van der Waals surface area contributed by atoms with Crippen LogP contribution >= 0.6 is 0 Å². The summed E-state index contributed by atoms with van der Waals surface area (Å²) in [5, 5.41) is 18.3. The first-order valence-electron chi connectivity index (χ1n) is 6.59. The molecule has 0 radical (unpaired) electrons. The molecule has 0 saturated carbocycles. The molecule has 19 heavy (non-hydrogen) atoms. The molecule has 0 saturated heterocycles. The number of rotatable bonds is 7. The summed E-state index contributed by atoms with van der Waals surface area (Å²) in [7, 11) is 3.62. The van der Waals surface area contributed by atoms with Crippen LogP contribution < -0.4 is 4.74 Å². The van der Waals surface area contributed by atoms with Gasteiger partial charge in [-0.3, -0.25) is 4.90 Å². The third-order valence-electron chi connectivity index (χ3n) is 3.61. The molecule has 0 heterocycles. The summed E-state index contributed by atoms with van der Waals surface area (Å²) < 4.78 is 5.42. The topological polar surface area (TPSA) is 52.9 Å². The third-order valence-corrected chi connectivity index (χ3v) is 3.61. The SMILES string of the molecule is COc1cc(C)c(C)cc1CN(C)C(CO)CCO. The van der Waals surface area contributed by atoms with Gasteiger partial charge in [0.15, 0.2) is 0 Å². The molecule has 2 N–H and O–H groups in total. The van der Waals surface area contributed by atoms with Crippen LogP contribution in [0.25, 0.3) is 0 Å². The van der Waals surface area contributed by atoms with Crippen LogP contribution in [0.3, 0.4) is 0 Å². The van der Waals surface area contributed by atoms with Crippen molar-refractivity contribution in [2.45, 2.75) is 32.9 Å². The van der Waals surface area contributed by atoms with Gasteiger partial charge in [-0.25, -0.2) is 0 Å². The number of likely N-dealkylation sites (N-methyl/N-ethyl adjacent to an activating group) is 1. The van der Waals surface area contributed by atoms with Gasteiger partial charge >= 0.3 is 0 Å². The van der Waals surface area contributed by atoms with E-state index in [2.05, 4.69) is 19.9 Å². The molecule has 4 heteroatoms. The predicted molar refractivity (Wildman–Crippen MR) is 76.5 cm³/mol. The Kier molecular flexibility index (Phi) is 6.28. The van der Waals surface area contributed by atoms with Gasteiger partial charge in [0.05, 0.1) is 13.7 Å². The van der Waals surface area contributed by atoms with Gasteiger partial charge in [0.2, 0.25) is 0 Å². The van der Waals surface area contributed by atoms with Crippen LogP contribution in [-0.2, 0) is 6.54 Å². The molecular weight excluding hydrogens is 242 g/mol. The zero-order chi connectivity index (χ0) is 14.4. The number of hydrogen-bond donors (Lipinski definition) is 2. The van der Waals surface area contributed by atoms with E-state index in [0.29, 0.717) is 13.0 Å². The Labute approximate surface area is 115 Å². The number of aliphatic hydroxyl groups is 2. The molecule has 0 fully saturated rings. The first-order chi connectivity index (χ1) is 9.03. The van der Waals surface area contributed by atoms with E-state index in [0.717, 1.165) is 11.3 Å². The Balaban J connectivity index is 2.88. The van der Waals surface area contributed by atoms with Crippen molar-refractivity contribution < 1.29 is 14.9 Å². The number of hydrogen-bond acceptors (Lipinski definition) is 4. The second kappa shape index (κ2) is 7.48. The van der Waals surface area contributed by atoms with Gasteiger partial charge in [-0.15, -0.1) is 0 Å². The molecule has 0 aromatic heterocycles. The highest BCUT2D eigenvalue weighted by Crippen LogP contribution is 2.24. The molecule has 1 rings (SSSR count). The second-order valence-electron chi connectivity index (χ2n) is 5.01. The maximum atomic E-state index is 9.35. The smallest absolute Gasteiger partial charge is 0.123 e. The van der Waals surface area contributed by atoms with Crippen LogP contribution in [0.2, 0.25) is 0 Å². The summed E-state index contributed by atoms with van der Waals surface area (Å²) in [6.45, 7) is 4.96. The van der Waals surface area contributed by atoms with Crippen molar-refractivity contribution in [2.24, 2.45) is 0 Å². The zero-order valence-electron chi connectivity index (χ0n) is 12.3. The first kappa shape index (κ1) is 16.0. The van der Waals surface area contributed by atoms with E-state index in [4.69, 9.17) is 9.84 Å². The molecule has 1 aromatic rings. The number of ether oxygens (including phenoxy) is 1. The number of benzene rings is 1. The lowest BCUT2D eigenvalue weighted by atomic mass is 10.0. The molecule has 0 aliphatic heterocycles. The molecule has 108 valence electrons. The standard InChI is InChI=1S/C15H25NO3/c1-11-7-13(15(19-4)8-12(11)2)9-16(3)14(10-18)5-6-17/h7-8,14,17-18H,5-6,9-10H2,1-4H3. The largest absolute Gasteiger partial charge is 0.496 e. The van der Waals surface area contributed by atoms with Crippen molar-refractivity contribution in [3.63, 3.8) is 0 Å². The molecule has 1 unspecified atom stereocenters. The van der Waals surface area contributed by atoms with Gasteiger partial charge in [0.25, 0.3) is 0 Å². The van der Waals surface area contributed by atoms with Gasteiger partial charge in [-0.2, -0.15) is 0 Å². The summed E-state index contributed by atoms with van der Waals surface area (Å²) in [6, 6.07) is 4.13. The van der Waals surface area contributed by atoms with Crippen molar-refractivity contribution in [3.8, 4) is 5.75 Å². The van der Waals surface area contributed by atoms with Crippen molar-refractivity contribution in [2.75, 3.05) is 27.4 Å². The van der Waals surface area contributed by atoms with Gasteiger partial charge < -0.3 is 14.9 Å². The van der Waals surface area contributed by atoms with E-state index in [9.17, 15) is 5.11 Å². The van der Waals surface area contributed by atoms with Crippen molar-refractivity contribution >= 4 is 0 Å². The van der Waals surface area contributed by atoms with E-state index in [1.807, 2.05) is 18.0 Å². The van der Waals surface area contributed by atoms with Crippen molar-refractivity contribution in [1.29, 1.82) is 0 Å². The normalized spacial score (nSPS) is 12.8. The fourth-order valence-corrected chi connectivity index (χ4v) is 2.16. The Morgan fingerprint density at radius 3 is 2.37 bits per heavy atom. The first-order valence-corrected chi connectivity index (χ1v) is 6.59. The number of aryl methyl sites for hydroxylation is 2. The van der Waals surface area contributed by atoms with Crippen LogP contribution in [0.15, 0.2) is 12.1 Å². The Morgan fingerprint density at radius 2 is 1.84 bits per heavy atom. The summed E-state index contributed by atoms with van der Waals surface area (Å²) in [6.07, 6.45) is 0.570. The lowest BCUT2D eigenvalue weighted by Crippen LogP contribution is -2.35. The van der Waals surface area contributed by atoms with E-state index < -0.39 is 0 Å². The van der Waals surface area contributed by atoms with E-state index in [1.165, 1.54) is 11.1 Å². The highest BCUT2D eigenvalue weighted by molar-refractivity contribution is 5.41. The third kappa shape index (κ3) is 4.20. The highest BCUT2D eigenvalue weighted by atomic mass is 16.5. The van der Waals surface area contributed by atoms with Crippen LogP contribution in [0.1, 0.15) is 23.1 Å². The summed E-state index contributed by atoms with van der Waals surface area (Å²) in [5.74, 6) is 0.871. The zero-order valence-corrected chi connectivity index (χ0v) is 12.3. The molecule has 1 aromatic carbocycles. The van der Waals surface area contributed by atoms with Crippen LogP contribution in [0, 0.1) is 13.8 Å². The molecular formula is C15H25NO3. The Morgan fingerprint density at radius 1 is 1.21 bits per heavy atom. The lowest BCUT2D eigenvalue weighted by molar-refractivity contribution is 0.114. The maximum absolute atomic E-state index is 9.35. The highest BCUT2D eigenvalue weighted by Gasteiger charge is 2.16. The maximum Gasteiger partial charge on any atom is 0.123 e. The Bertz CT molecular complexity index is 407. The number of methoxy groups -OCH3 is 1. The van der Waals surface area contributed by atoms with E-state index in [-0.39, 0.29) is 19.3 Å². The number of aliphatic hydroxyl groups excluding tert-OH is 2. The predicted octanol–water partition coefficient (Wildman–Crippen LogP) is 1.49. The molecule has 0 bridgehead atoms. The molecule has 1 atom stereocenters. The average Bonchev–Trinajstić information content (AvgIpc) is 2.39. The van der Waals surface area contributed by atoms with Gasteiger partial charge in [-0.05, 0) is 44.5 Å². The minimum absolute atomic E-state index is 0.0312. The summed E-state index contributed by atoms with van der Waals surface area (Å²) >= 11 is 0. The average molecular weight is 267 g/mol. The van der Waals surface area contributed by atoms with Gasteiger partial charge in [0, 0.05) is 24.8 Å². The lowest BCUT2D eigenvalue weighted by Gasteiger charge is -2.27. The molecule has 0 amide bonds. The molecule has 4 nitrogen and oxygen atoms in total. The summed E-state index contributed by atoms with van der Waals surface area (Å²) in [5.41, 5.74) is 3.54. The fourth-order valence-electron chi connectivity index (χ4n) is 2.16. The Hall–Kier alpha value is -1.10. The summed E-state index contributed by atoms with van der Waals surface area (Å²) in [4.78, 5) is 2.04. The number of nitrogens with zero attached hydrogens (tertiary/aromatic N) is 1. The van der Waals surface area contributed by atoms with Gasteiger partial charge in [-0.1, -0.05) is 6.07 Å². The van der Waals surface area contributed by atoms with E-state index in [1.54, 1.807) is 7.11 Å². The van der Waals surface area contributed by atoms with Crippen molar-refractivity contribution in [1.82, 2.24) is 4.90 Å². The monoisotopic (exact) mass is 267 g/mol. The van der Waals surface area contributed by atoms with Gasteiger partial charge in [0.1, 0.15) is 5.75 Å². The van der Waals surface area contributed by atoms with Crippen molar-refractivity contribution in [3.05, 3.63) is 28.8 Å². The van der Waals surface area contributed by atoms with Crippen LogP contribution in [0.4, 0.5) is 0 Å². The second-order valence-corrected chi connectivity index (χ2v) is 5.01. The molecule has 0 spiro atoms. The fraction of sp³-hybridized carbons (Fsp3) is 0.600. The minimum Gasteiger partial charge on any atom is -0.496 e. The van der Waals surface area contributed by atoms with E-state index >= 15 is 0 Å². The quantitative estimate of drug-likeness (QED) is 0.786. The molecule has 0 aliphatic carbocycles. The van der Waals surface area contributed by atoms with Crippen LogP contribution in [-0.4, -0.2) is 48.5 Å². The minimum atomic E-state index is -0.0312. The van der Waals surface area contributed by atoms with Crippen LogP contribution in [0.5, 0.6) is 5.75 Å². The molecule has 0 aliphatic rings.